The van der Waals surface area contributed by atoms with Crippen LogP contribution in [0.1, 0.15) is 11.1 Å². The van der Waals surface area contributed by atoms with Gasteiger partial charge in [0, 0.05) is 42.6 Å². The Morgan fingerprint density at radius 3 is 2.69 bits per heavy atom. The first-order valence-electron chi connectivity index (χ1n) is 8.45. The van der Waals surface area contributed by atoms with Crippen molar-refractivity contribution in [2.24, 2.45) is 0 Å². The van der Waals surface area contributed by atoms with Gasteiger partial charge in [0.05, 0.1) is 24.0 Å². The van der Waals surface area contributed by atoms with Crippen LogP contribution >= 0.6 is 23.5 Å². The van der Waals surface area contributed by atoms with Crippen LogP contribution in [0.4, 0.5) is 18.9 Å². The van der Waals surface area contributed by atoms with E-state index in [-0.39, 0.29) is 23.3 Å². The van der Waals surface area contributed by atoms with Crippen molar-refractivity contribution in [1.82, 2.24) is 5.32 Å². The van der Waals surface area contributed by atoms with Crippen LogP contribution in [0, 0.1) is 0 Å². The van der Waals surface area contributed by atoms with Crippen LogP contribution in [-0.4, -0.2) is 54.7 Å². The quantitative estimate of drug-likeness (QED) is 0.833. The number of alkyl halides is 3. The summed E-state index contributed by atoms with van der Waals surface area (Å²) in [6, 6.07) is 4.34. The SMILES string of the molecule is O=C(NCc1ccc(N2CCOCC2)cc1C(F)(F)F)[C@H]1CSCCS1. The molecule has 0 unspecified atom stereocenters. The first kappa shape index (κ1) is 19.7. The van der Waals surface area contributed by atoms with Crippen molar-refractivity contribution in [1.29, 1.82) is 0 Å². The zero-order valence-electron chi connectivity index (χ0n) is 14.2. The summed E-state index contributed by atoms with van der Waals surface area (Å²) in [5, 5.41) is 2.49. The Morgan fingerprint density at radius 2 is 2.04 bits per heavy atom. The van der Waals surface area contributed by atoms with Gasteiger partial charge in [-0.2, -0.15) is 24.9 Å². The van der Waals surface area contributed by atoms with Gasteiger partial charge in [-0.25, -0.2) is 0 Å². The minimum atomic E-state index is -4.46. The maximum atomic E-state index is 13.5. The number of ether oxygens (including phenoxy) is 1. The van der Waals surface area contributed by atoms with E-state index in [1.54, 1.807) is 29.6 Å². The van der Waals surface area contributed by atoms with E-state index in [2.05, 4.69) is 5.32 Å². The first-order chi connectivity index (χ1) is 12.4. The van der Waals surface area contributed by atoms with Crippen LogP contribution < -0.4 is 10.2 Å². The Balaban J connectivity index is 1.72. The maximum Gasteiger partial charge on any atom is 0.416 e. The summed E-state index contributed by atoms with van der Waals surface area (Å²) in [4.78, 5) is 14.1. The molecule has 144 valence electrons. The summed E-state index contributed by atoms with van der Waals surface area (Å²) >= 11 is 3.26. The monoisotopic (exact) mass is 406 g/mol. The minimum Gasteiger partial charge on any atom is -0.378 e. The van der Waals surface area contributed by atoms with Gasteiger partial charge < -0.3 is 15.0 Å². The number of carbonyl (C=O) groups excluding carboxylic acids is 1. The van der Waals surface area contributed by atoms with Crippen molar-refractivity contribution in [3.05, 3.63) is 29.3 Å². The molecule has 4 nitrogen and oxygen atoms in total. The lowest BCUT2D eigenvalue weighted by molar-refractivity contribution is -0.138. The molecule has 0 spiro atoms. The fourth-order valence-corrected chi connectivity index (χ4v) is 5.52. The van der Waals surface area contributed by atoms with Crippen LogP contribution in [0.2, 0.25) is 0 Å². The van der Waals surface area contributed by atoms with Gasteiger partial charge in [0.1, 0.15) is 0 Å². The van der Waals surface area contributed by atoms with E-state index in [0.717, 1.165) is 11.5 Å². The molecule has 9 heteroatoms. The normalized spacial score (nSPS) is 21.5. The second-order valence-electron chi connectivity index (χ2n) is 6.09. The third-order valence-electron chi connectivity index (χ3n) is 4.34. The number of rotatable bonds is 4. The number of anilines is 1. The molecule has 26 heavy (non-hydrogen) atoms. The Bertz CT molecular complexity index is 631. The zero-order chi connectivity index (χ0) is 18.6. The minimum absolute atomic E-state index is 0.0938. The highest BCUT2D eigenvalue weighted by Crippen LogP contribution is 2.35. The topological polar surface area (TPSA) is 41.6 Å². The van der Waals surface area contributed by atoms with Gasteiger partial charge in [-0.15, -0.1) is 11.8 Å². The van der Waals surface area contributed by atoms with Gasteiger partial charge in [-0.1, -0.05) is 6.07 Å². The number of hydrogen-bond donors (Lipinski definition) is 1. The van der Waals surface area contributed by atoms with Gasteiger partial charge in [0.15, 0.2) is 0 Å². The molecule has 2 saturated heterocycles. The van der Waals surface area contributed by atoms with Crippen LogP contribution in [0.25, 0.3) is 0 Å². The number of hydrogen-bond acceptors (Lipinski definition) is 5. The smallest absolute Gasteiger partial charge is 0.378 e. The largest absolute Gasteiger partial charge is 0.416 e. The molecule has 1 aromatic carbocycles. The standard InChI is InChI=1S/C17H21F3N2O2S2/c18-17(19,20)14-9-13(22-3-5-24-6-4-22)2-1-12(14)10-21-16(23)15-11-25-7-8-26-15/h1-2,9,15H,3-8,10-11H2,(H,21,23)/t15-/m1/s1. The molecule has 2 fully saturated rings. The van der Waals surface area contributed by atoms with Gasteiger partial charge in [0.2, 0.25) is 5.91 Å². The van der Waals surface area contributed by atoms with E-state index >= 15 is 0 Å². The Hall–Kier alpha value is -1.06. The highest BCUT2D eigenvalue weighted by molar-refractivity contribution is 8.07. The number of nitrogens with zero attached hydrogens (tertiary/aromatic N) is 1. The highest BCUT2D eigenvalue weighted by atomic mass is 32.2. The van der Waals surface area contributed by atoms with Gasteiger partial charge >= 0.3 is 6.18 Å². The van der Waals surface area contributed by atoms with Crippen LogP contribution in [0.3, 0.4) is 0 Å². The molecular formula is C17H21F3N2O2S2. The molecular weight excluding hydrogens is 385 g/mol. The molecule has 3 rings (SSSR count). The van der Waals surface area contributed by atoms with Gasteiger partial charge in [0.25, 0.3) is 0 Å². The fourth-order valence-electron chi connectivity index (χ4n) is 2.94. The number of carbonyl (C=O) groups is 1. The van der Waals surface area contributed by atoms with Crippen molar-refractivity contribution in [3.8, 4) is 0 Å². The lowest BCUT2D eigenvalue weighted by atomic mass is 10.0. The number of halogens is 3. The maximum absolute atomic E-state index is 13.5. The van der Waals surface area contributed by atoms with E-state index in [1.165, 1.54) is 12.1 Å². The lowest BCUT2D eigenvalue weighted by Crippen LogP contribution is -2.37. The molecule has 2 aliphatic rings. The van der Waals surface area contributed by atoms with Crippen molar-refractivity contribution in [2.75, 3.05) is 48.5 Å². The second-order valence-corrected chi connectivity index (χ2v) is 8.55. The molecule has 2 aliphatic heterocycles. The average Bonchev–Trinajstić information content (AvgIpc) is 2.66. The van der Waals surface area contributed by atoms with Crippen LogP contribution in [0.15, 0.2) is 18.2 Å². The number of amides is 1. The third kappa shape index (κ3) is 5.01. The van der Waals surface area contributed by atoms with Crippen molar-refractivity contribution in [3.63, 3.8) is 0 Å². The zero-order valence-corrected chi connectivity index (χ0v) is 15.8. The Morgan fingerprint density at radius 1 is 1.27 bits per heavy atom. The first-order valence-corrected chi connectivity index (χ1v) is 10.7. The molecule has 0 bridgehead atoms. The summed E-state index contributed by atoms with van der Waals surface area (Å²) < 4.78 is 45.8. The molecule has 0 aliphatic carbocycles. The van der Waals surface area contributed by atoms with E-state index in [0.29, 0.717) is 37.7 Å². The lowest BCUT2D eigenvalue weighted by Gasteiger charge is -2.30. The van der Waals surface area contributed by atoms with Crippen molar-refractivity contribution < 1.29 is 22.7 Å². The third-order valence-corrected chi connectivity index (χ3v) is 7.09. The van der Waals surface area contributed by atoms with Crippen LogP contribution in [-0.2, 0) is 22.3 Å². The van der Waals surface area contributed by atoms with Crippen molar-refractivity contribution in [2.45, 2.75) is 18.0 Å². The van der Waals surface area contributed by atoms with Gasteiger partial charge in [-0.3, -0.25) is 4.79 Å². The molecule has 1 aromatic rings. The van der Waals surface area contributed by atoms with Crippen molar-refractivity contribution >= 4 is 35.1 Å². The van der Waals surface area contributed by atoms with Crippen LogP contribution in [0.5, 0.6) is 0 Å². The number of benzene rings is 1. The second kappa shape index (κ2) is 8.75. The average molecular weight is 406 g/mol. The highest BCUT2D eigenvalue weighted by Gasteiger charge is 2.34. The fraction of sp³-hybridized carbons (Fsp3) is 0.588. The molecule has 0 aromatic heterocycles. The number of nitrogens with one attached hydrogen (secondary N) is 1. The Labute approximate surface area is 159 Å². The summed E-state index contributed by atoms with van der Waals surface area (Å²) in [7, 11) is 0. The molecule has 1 amide bonds. The Kier molecular flexibility index (Phi) is 6.63. The number of thioether (sulfide) groups is 2. The molecule has 1 N–H and O–H groups in total. The number of morpholine rings is 1. The summed E-state index contributed by atoms with van der Waals surface area (Å²) in [5.41, 5.74) is -0.0567. The molecule has 0 saturated carbocycles. The summed E-state index contributed by atoms with van der Waals surface area (Å²) in [6.07, 6.45) is -4.46. The van der Waals surface area contributed by atoms with E-state index in [9.17, 15) is 18.0 Å². The summed E-state index contributed by atoms with van der Waals surface area (Å²) in [6.45, 7) is 2.05. The van der Waals surface area contributed by atoms with E-state index < -0.39 is 11.7 Å². The molecule has 0 radical (unpaired) electrons. The van der Waals surface area contributed by atoms with E-state index in [1.807, 2.05) is 4.90 Å². The predicted molar refractivity (Wildman–Crippen MR) is 99.9 cm³/mol. The van der Waals surface area contributed by atoms with E-state index in [4.69, 9.17) is 4.74 Å². The van der Waals surface area contributed by atoms with Gasteiger partial charge in [-0.05, 0) is 17.7 Å². The molecule has 1 atom stereocenters. The predicted octanol–water partition coefficient (Wildman–Crippen LogP) is 3.01. The summed E-state index contributed by atoms with van der Waals surface area (Å²) in [5.74, 6) is 2.42. The molecule has 2 heterocycles.